The molecule has 2 heterocycles. The van der Waals surface area contributed by atoms with Gasteiger partial charge in [0.25, 0.3) is 0 Å². The Morgan fingerprint density at radius 2 is 1.74 bits per heavy atom. The van der Waals surface area contributed by atoms with Crippen LogP contribution in [-0.4, -0.2) is 47.8 Å². The number of rotatable bonds is 2. The number of benzene rings is 1. The molecule has 0 atom stereocenters. The van der Waals surface area contributed by atoms with Crippen molar-refractivity contribution in [2.45, 2.75) is 37.1 Å². The van der Waals surface area contributed by atoms with Crippen molar-refractivity contribution in [2.24, 2.45) is 5.73 Å². The molecule has 0 bridgehead atoms. The average molecular weight is 341 g/mol. The molecule has 0 unspecified atom stereocenters. The molecule has 3 N–H and O–H groups in total. The number of ether oxygens (including phenoxy) is 1. The summed E-state index contributed by atoms with van der Waals surface area (Å²) < 4.78 is 5.32. The van der Waals surface area contributed by atoms with Crippen molar-refractivity contribution in [1.82, 2.24) is 4.90 Å². The van der Waals surface area contributed by atoms with Gasteiger partial charge in [0.15, 0.2) is 0 Å². The fourth-order valence-electron chi connectivity index (χ4n) is 3.43. The van der Waals surface area contributed by atoms with Crippen molar-refractivity contribution in [3.05, 3.63) is 29.8 Å². The molecule has 2 aliphatic rings. The first-order chi connectivity index (χ1) is 10.6. The van der Waals surface area contributed by atoms with E-state index in [0.29, 0.717) is 37.7 Å². The van der Waals surface area contributed by atoms with E-state index < -0.39 is 5.54 Å². The first-order valence-electron chi connectivity index (χ1n) is 8.03. The molecule has 0 spiro atoms. The number of nitrogens with zero attached hydrogens (tertiary/aromatic N) is 1. The molecule has 2 aliphatic heterocycles. The predicted molar refractivity (Wildman–Crippen MR) is 90.9 cm³/mol. The minimum atomic E-state index is -0.733. The number of aromatic hydroxyl groups is 1. The van der Waals surface area contributed by atoms with E-state index in [-0.39, 0.29) is 18.3 Å². The lowest BCUT2D eigenvalue weighted by Crippen LogP contribution is -2.59. The van der Waals surface area contributed by atoms with Crippen LogP contribution < -0.4 is 5.73 Å². The number of phenolic OH excluding ortho intramolecular Hbond substituents is 1. The number of amides is 1. The molecule has 2 fully saturated rings. The number of phenols is 1. The fourth-order valence-corrected chi connectivity index (χ4v) is 3.43. The summed E-state index contributed by atoms with van der Waals surface area (Å²) in [6.45, 7) is 2.66. The number of hydrogen-bond donors (Lipinski definition) is 2. The van der Waals surface area contributed by atoms with Crippen molar-refractivity contribution in [3.8, 4) is 5.75 Å². The van der Waals surface area contributed by atoms with E-state index in [1.165, 1.54) is 5.56 Å². The summed E-state index contributed by atoms with van der Waals surface area (Å²) in [4.78, 5) is 14.6. The summed E-state index contributed by atoms with van der Waals surface area (Å²) >= 11 is 0. The lowest BCUT2D eigenvalue weighted by atomic mass is 9.86. The molecule has 5 nitrogen and oxygen atoms in total. The number of nitrogens with two attached hydrogens (primary N) is 1. The van der Waals surface area contributed by atoms with Crippen molar-refractivity contribution in [2.75, 3.05) is 26.3 Å². The highest BCUT2D eigenvalue weighted by atomic mass is 35.5. The molecule has 0 aliphatic carbocycles. The van der Waals surface area contributed by atoms with Gasteiger partial charge in [-0.15, -0.1) is 12.4 Å². The smallest absolute Gasteiger partial charge is 0.242 e. The quantitative estimate of drug-likeness (QED) is 0.863. The molecule has 0 saturated carbocycles. The number of piperidine rings is 1. The summed E-state index contributed by atoms with van der Waals surface area (Å²) in [5, 5.41) is 9.37. The molecule has 0 aromatic heterocycles. The van der Waals surface area contributed by atoms with Crippen LogP contribution in [0.1, 0.15) is 37.2 Å². The van der Waals surface area contributed by atoms with Crippen LogP contribution in [0.3, 0.4) is 0 Å². The van der Waals surface area contributed by atoms with Crippen molar-refractivity contribution in [3.63, 3.8) is 0 Å². The molecule has 1 aromatic rings. The zero-order valence-electron chi connectivity index (χ0n) is 13.2. The van der Waals surface area contributed by atoms with Gasteiger partial charge in [0.1, 0.15) is 5.75 Å². The molecule has 2 saturated heterocycles. The molecule has 0 radical (unpaired) electrons. The highest BCUT2D eigenvalue weighted by molar-refractivity contribution is 5.86. The van der Waals surface area contributed by atoms with Gasteiger partial charge in [0.05, 0.1) is 5.54 Å². The van der Waals surface area contributed by atoms with Gasteiger partial charge in [0, 0.05) is 26.3 Å². The SMILES string of the molecule is Cl.NC1(C(=O)N2CCC(c3ccc(O)cc3)CC2)CCOCC1. The molecular formula is C17H25ClN2O3. The Bertz CT molecular complexity index is 521. The van der Waals surface area contributed by atoms with E-state index in [1.54, 1.807) is 12.1 Å². The number of likely N-dealkylation sites (tertiary alicyclic amines) is 1. The van der Waals surface area contributed by atoms with Crippen LogP contribution in [0.2, 0.25) is 0 Å². The third kappa shape index (κ3) is 3.97. The topological polar surface area (TPSA) is 75.8 Å². The lowest BCUT2D eigenvalue weighted by Gasteiger charge is -2.40. The zero-order chi connectivity index (χ0) is 15.6. The summed E-state index contributed by atoms with van der Waals surface area (Å²) in [5.41, 5.74) is 6.80. The molecule has 3 rings (SSSR count). The van der Waals surface area contributed by atoms with Crippen LogP contribution in [-0.2, 0) is 9.53 Å². The van der Waals surface area contributed by atoms with E-state index in [2.05, 4.69) is 0 Å². The first kappa shape index (κ1) is 18.0. The van der Waals surface area contributed by atoms with Gasteiger partial charge in [0.2, 0.25) is 5.91 Å². The molecule has 23 heavy (non-hydrogen) atoms. The second-order valence-corrected chi connectivity index (χ2v) is 6.43. The van der Waals surface area contributed by atoms with Gasteiger partial charge in [-0.1, -0.05) is 12.1 Å². The van der Waals surface area contributed by atoms with Crippen molar-refractivity contribution in [1.29, 1.82) is 0 Å². The van der Waals surface area contributed by atoms with Crippen LogP contribution >= 0.6 is 12.4 Å². The number of carbonyl (C=O) groups excluding carboxylic acids is 1. The standard InChI is InChI=1S/C17H24N2O3.ClH/c18-17(7-11-22-12-8-17)16(21)19-9-5-14(6-10-19)13-1-3-15(20)4-2-13;/h1-4,14,20H,5-12,18H2;1H. The van der Waals surface area contributed by atoms with Crippen molar-refractivity contribution >= 4 is 18.3 Å². The van der Waals surface area contributed by atoms with Crippen LogP contribution in [0.25, 0.3) is 0 Å². The third-order valence-electron chi connectivity index (χ3n) is 4.96. The maximum atomic E-state index is 12.7. The molecule has 1 aromatic carbocycles. The van der Waals surface area contributed by atoms with Crippen LogP contribution in [0.4, 0.5) is 0 Å². The summed E-state index contributed by atoms with van der Waals surface area (Å²) in [6, 6.07) is 7.40. The third-order valence-corrected chi connectivity index (χ3v) is 4.96. The number of hydrogen-bond acceptors (Lipinski definition) is 4. The predicted octanol–water partition coefficient (Wildman–Crippen LogP) is 2.03. The average Bonchev–Trinajstić information content (AvgIpc) is 2.56. The Morgan fingerprint density at radius 3 is 2.30 bits per heavy atom. The lowest BCUT2D eigenvalue weighted by molar-refractivity contribution is -0.141. The van der Waals surface area contributed by atoms with Gasteiger partial charge in [-0.05, 0) is 49.3 Å². The summed E-state index contributed by atoms with van der Waals surface area (Å²) in [5.74, 6) is 0.828. The molecular weight excluding hydrogens is 316 g/mol. The molecule has 128 valence electrons. The minimum absolute atomic E-state index is 0. The number of halogens is 1. The van der Waals surface area contributed by atoms with Crippen LogP contribution in [0.5, 0.6) is 5.75 Å². The first-order valence-corrected chi connectivity index (χ1v) is 8.03. The van der Waals surface area contributed by atoms with E-state index in [9.17, 15) is 9.90 Å². The maximum Gasteiger partial charge on any atom is 0.242 e. The van der Waals surface area contributed by atoms with Crippen molar-refractivity contribution < 1.29 is 14.6 Å². The van der Waals surface area contributed by atoms with Crippen LogP contribution in [0, 0.1) is 0 Å². The highest BCUT2D eigenvalue weighted by Gasteiger charge is 2.39. The summed E-state index contributed by atoms with van der Waals surface area (Å²) in [7, 11) is 0. The number of carbonyl (C=O) groups is 1. The van der Waals surface area contributed by atoms with Crippen LogP contribution in [0.15, 0.2) is 24.3 Å². The Hall–Kier alpha value is -1.30. The zero-order valence-corrected chi connectivity index (χ0v) is 14.1. The van der Waals surface area contributed by atoms with Gasteiger partial charge in [-0.2, -0.15) is 0 Å². The second kappa shape index (κ2) is 7.51. The molecule has 6 heteroatoms. The van der Waals surface area contributed by atoms with Gasteiger partial charge in [-0.25, -0.2) is 0 Å². The van der Waals surface area contributed by atoms with E-state index >= 15 is 0 Å². The van der Waals surface area contributed by atoms with Gasteiger partial charge < -0.3 is 20.5 Å². The van der Waals surface area contributed by atoms with E-state index in [0.717, 1.165) is 25.9 Å². The second-order valence-electron chi connectivity index (χ2n) is 6.43. The van der Waals surface area contributed by atoms with Gasteiger partial charge >= 0.3 is 0 Å². The minimum Gasteiger partial charge on any atom is -0.508 e. The maximum absolute atomic E-state index is 12.7. The highest BCUT2D eigenvalue weighted by Crippen LogP contribution is 2.31. The van der Waals surface area contributed by atoms with E-state index in [4.69, 9.17) is 10.5 Å². The largest absolute Gasteiger partial charge is 0.508 e. The van der Waals surface area contributed by atoms with Gasteiger partial charge in [-0.3, -0.25) is 4.79 Å². The Labute approximate surface area is 143 Å². The van der Waals surface area contributed by atoms with E-state index in [1.807, 2.05) is 17.0 Å². The Kier molecular flexibility index (Phi) is 5.89. The monoisotopic (exact) mass is 340 g/mol. The normalized spacial score (nSPS) is 21.5. The fraction of sp³-hybridized carbons (Fsp3) is 0.588. The summed E-state index contributed by atoms with van der Waals surface area (Å²) in [6.07, 6.45) is 3.12. The molecule has 1 amide bonds. The Morgan fingerprint density at radius 1 is 1.17 bits per heavy atom. The Balaban J connectivity index is 0.00000192.